The summed E-state index contributed by atoms with van der Waals surface area (Å²) in [4.78, 5) is 2.69. The molecule has 2 rings (SSSR count). The first-order valence-electron chi connectivity index (χ1n) is 3.19. The van der Waals surface area contributed by atoms with E-state index in [0.29, 0.717) is 0 Å². The van der Waals surface area contributed by atoms with Crippen molar-refractivity contribution in [2.75, 3.05) is 0 Å². The molecule has 0 aromatic carbocycles. The summed E-state index contributed by atoms with van der Waals surface area (Å²) in [5.41, 5.74) is 1.32. The lowest BCUT2D eigenvalue weighted by Crippen LogP contribution is -1.95. The molecule has 1 nitrogen and oxygen atoms in total. The zero-order chi connectivity index (χ0) is 7.14. The van der Waals surface area contributed by atoms with Crippen molar-refractivity contribution >= 4 is 22.5 Å². The van der Waals surface area contributed by atoms with Gasteiger partial charge in [0.25, 0.3) is 0 Å². The molecule has 0 aliphatic carbocycles. The Bertz CT molecular complexity index is 231. The molecule has 10 heavy (non-hydrogen) atoms. The molecule has 0 bridgehead atoms. The highest BCUT2D eigenvalue weighted by molar-refractivity contribution is 7.90. The molecule has 1 unspecified atom stereocenters. The number of hydrogen-bond donors (Lipinski definition) is 0. The van der Waals surface area contributed by atoms with Gasteiger partial charge >= 0.3 is 0 Å². The van der Waals surface area contributed by atoms with Crippen molar-refractivity contribution in [2.45, 2.75) is 18.4 Å². The van der Waals surface area contributed by atoms with Gasteiger partial charge in [0.05, 0.1) is 4.88 Å². The van der Waals surface area contributed by atoms with Crippen LogP contribution in [0.5, 0.6) is 0 Å². The fourth-order valence-electron chi connectivity index (χ4n) is 1.23. The molecule has 1 aromatic rings. The van der Waals surface area contributed by atoms with Gasteiger partial charge in [-0.25, -0.2) is 0 Å². The van der Waals surface area contributed by atoms with E-state index < -0.39 is 11.2 Å². The lowest BCUT2D eigenvalue weighted by Gasteiger charge is -1.98. The van der Waals surface area contributed by atoms with Gasteiger partial charge in [-0.1, -0.05) is 0 Å². The second-order valence-corrected chi connectivity index (χ2v) is 5.33. The second-order valence-electron chi connectivity index (χ2n) is 2.53. The lowest BCUT2D eigenvalue weighted by molar-refractivity contribution is 0.597. The van der Waals surface area contributed by atoms with Crippen LogP contribution in [-0.4, -0.2) is 4.55 Å². The topological polar surface area (TPSA) is 23.1 Å². The van der Waals surface area contributed by atoms with E-state index in [1.165, 1.54) is 15.3 Å². The molecular weight excluding hydrogens is 164 g/mol. The van der Waals surface area contributed by atoms with Crippen LogP contribution < -0.4 is 0 Å². The summed E-state index contributed by atoms with van der Waals surface area (Å²) in [6.07, 6.45) is 0. The Morgan fingerprint density at radius 2 is 2.40 bits per heavy atom. The monoisotopic (exact) mass is 172 g/mol. The highest BCUT2D eigenvalue weighted by Gasteiger charge is 2.24. The van der Waals surface area contributed by atoms with Gasteiger partial charge < -0.3 is 4.55 Å². The normalized spacial score (nSPS) is 23.2. The average molecular weight is 172 g/mol. The summed E-state index contributed by atoms with van der Waals surface area (Å²) < 4.78 is 11.0. The minimum atomic E-state index is -0.586. The Morgan fingerprint density at radius 1 is 1.60 bits per heavy atom. The molecule has 0 N–H and O–H groups in total. The van der Waals surface area contributed by atoms with E-state index in [0.717, 1.165) is 11.5 Å². The summed E-state index contributed by atoms with van der Waals surface area (Å²) in [5.74, 6) is 1.59. The van der Waals surface area contributed by atoms with Gasteiger partial charge in [-0.15, -0.1) is 11.3 Å². The van der Waals surface area contributed by atoms with Crippen LogP contribution in [0.4, 0.5) is 0 Å². The maximum Gasteiger partial charge on any atom is 0.140 e. The third-order valence-corrected chi connectivity index (χ3v) is 4.15. The molecule has 3 heteroatoms. The Labute approximate surface area is 67.3 Å². The number of aryl methyl sites for hydroxylation is 1. The first-order valence-corrected chi connectivity index (χ1v) is 5.49. The lowest BCUT2D eigenvalue weighted by atomic mass is 10.3. The molecule has 1 aliphatic heterocycles. The van der Waals surface area contributed by atoms with E-state index >= 15 is 0 Å². The Kier molecular flexibility index (Phi) is 1.51. The minimum absolute atomic E-state index is 0.586. The molecule has 0 fully saturated rings. The van der Waals surface area contributed by atoms with E-state index in [1.54, 1.807) is 11.3 Å². The summed E-state index contributed by atoms with van der Waals surface area (Å²) in [6, 6.07) is 2.16. The van der Waals surface area contributed by atoms with Gasteiger partial charge in [0, 0.05) is 10.4 Å². The summed E-state index contributed by atoms with van der Waals surface area (Å²) in [5, 5.41) is 0. The van der Waals surface area contributed by atoms with Gasteiger partial charge in [0.1, 0.15) is 11.5 Å². The standard InChI is InChI=1S/C7H8OS2/c1-5-2-6-3-10(8)4-7(6)9-5/h2H,3-4H2,1H3. The SMILES string of the molecule is Cc1cc2c(s1)C[S+]([O-])C2. The Hall–Kier alpha value is 0.01000. The average Bonchev–Trinajstić information content (AvgIpc) is 2.21. The molecule has 54 valence electrons. The van der Waals surface area contributed by atoms with Gasteiger partial charge in [-0.3, -0.25) is 0 Å². The third kappa shape index (κ3) is 0.983. The Morgan fingerprint density at radius 3 is 3.10 bits per heavy atom. The molecular formula is C7H8OS2. The molecule has 1 aromatic heterocycles. The first-order chi connectivity index (χ1) is 4.75. The van der Waals surface area contributed by atoms with Crippen LogP contribution >= 0.6 is 11.3 Å². The van der Waals surface area contributed by atoms with Crippen molar-refractivity contribution < 1.29 is 4.55 Å². The molecule has 0 saturated heterocycles. The largest absolute Gasteiger partial charge is 0.616 e. The molecule has 0 spiro atoms. The summed E-state index contributed by atoms with van der Waals surface area (Å²) in [7, 11) is 0. The van der Waals surface area contributed by atoms with Crippen LogP contribution in [-0.2, 0) is 22.7 Å². The molecule has 1 aliphatic rings. The smallest absolute Gasteiger partial charge is 0.140 e. The van der Waals surface area contributed by atoms with Gasteiger partial charge in [-0.2, -0.15) is 0 Å². The van der Waals surface area contributed by atoms with Crippen LogP contribution in [0.25, 0.3) is 0 Å². The summed E-state index contributed by atoms with van der Waals surface area (Å²) >= 11 is 1.20. The van der Waals surface area contributed by atoms with E-state index in [4.69, 9.17) is 0 Å². The van der Waals surface area contributed by atoms with Crippen molar-refractivity contribution in [1.29, 1.82) is 0 Å². The van der Waals surface area contributed by atoms with E-state index in [1.807, 2.05) is 0 Å². The minimum Gasteiger partial charge on any atom is -0.616 e. The number of hydrogen-bond acceptors (Lipinski definition) is 2. The molecule has 2 heterocycles. The number of fused-ring (bicyclic) bond motifs is 1. The van der Waals surface area contributed by atoms with Crippen LogP contribution in [0.1, 0.15) is 15.3 Å². The van der Waals surface area contributed by atoms with E-state index in [9.17, 15) is 4.55 Å². The zero-order valence-corrected chi connectivity index (χ0v) is 7.35. The molecule has 0 amide bonds. The summed E-state index contributed by atoms with van der Waals surface area (Å²) in [6.45, 7) is 2.10. The van der Waals surface area contributed by atoms with Crippen LogP contribution in [0.2, 0.25) is 0 Å². The molecule has 1 atom stereocenters. The van der Waals surface area contributed by atoms with Crippen molar-refractivity contribution in [1.82, 2.24) is 0 Å². The van der Waals surface area contributed by atoms with Crippen LogP contribution in [0.3, 0.4) is 0 Å². The van der Waals surface area contributed by atoms with Gasteiger partial charge in [0.2, 0.25) is 0 Å². The predicted molar refractivity (Wildman–Crippen MR) is 44.6 cm³/mol. The van der Waals surface area contributed by atoms with Crippen molar-refractivity contribution in [3.05, 3.63) is 21.4 Å². The maximum atomic E-state index is 11.0. The highest BCUT2D eigenvalue weighted by atomic mass is 32.2. The van der Waals surface area contributed by atoms with Gasteiger partial charge in [0.15, 0.2) is 0 Å². The predicted octanol–water partition coefficient (Wildman–Crippen LogP) is 1.82. The van der Waals surface area contributed by atoms with Crippen LogP contribution in [0, 0.1) is 6.92 Å². The second kappa shape index (κ2) is 2.26. The maximum absolute atomic E-state index is 11.0. The fourth-order valence-corrected chi connectivity index (χ4v) is 3.99. The quantitative estimate of drug-likeness (QED) is 0.547. The fraction of sp³-hybridized carbons (Fsp3) is 0.429. The van der Waals surface area contributed by atoms with E-state index in [-0.39, 0.29) is 0 Å². The van der Waals surface area contributed by atoms with Crippen molar-refractivity contribution in [3.63, 3.8) is 0 Å². The highest BCUT2D eigenvalue weighted by Crippen LogP contribution is 2.31. The first kappa shape index (κ1) is 6.70. The molecule has 0 saturated carbocycles. The molecule has 0 radical (unpaired) electrons. The van der Waals surface area contributed by atoms with E-state index in [2.05, 4.69) is 13.0 Å². The Balaban J connectivity index is 2.39. The van der Waals surface area contributed by atoms with Gasteiger partial charge in [-0.05, 0) is 24.2 Å². The van der Waals surface area contributed by atoms with Crippen molar-refractivity contribution in [2.24, 2.45) is 0 Å². The van der Waals surface area contributed by atoms with Crippen molar-refractivity contribution in [3.8, 4) is 0 Å². The zero-order valence-electron chi connectivity index (χ0n) is 5.72. The van der Waals surface area contributed by atoms with Crippen LogP contribution in [0.15, 0.2) is 6.07 Å². The number of rotatable bonds is 0. The third-order valence-electron chi connectivity index (χ3n) is 1.63. The number of thiophene rings is 1.